The second kappa shape index (κ2) is 11.6. The fraction of sp³-hybridized carbons (Fsp3) is 0.138. The highest BCUT2D eigenvalue weighted by molar-refractivity contribution is 6.20. The SMILES string of the molecule is O=C(N[C@@H](Cc1ccccc1)C(=O)O)N[C@H]1N=C(c2ccccc2F)c2ccccc2N(Cc2cnc[nH]2)C1=O. The van der Waals surface area contributed by atoms with Crippen LogP contribution in [0, 0.1) is 5.82 Å². The Balaban J connectivity index is 1.50. The summed E-state index contributed by atoms with van der Waals surface area (Å²) in [5.41, 5.74) is 2.58. The van der Waals surface area contributed by atoms with Crippen LogP contribution in [0.15, 0.2) is 96.4 Å². The average Bonchev–Trinajstić information content (AvgIpc) is 3.44. The number of aromatic amines is 1. The molecule has 0 radical (unpaired) electrons. The van der Waals surface area contributed by atoms with Gasteiger partial charge in [-0.15, -0.1) is 0 Å². The van der Waals surface area contributed by atoms with Crippen LogP contribution in [0.4, 0.5) is 14.9 Å². The Morgan fingerprint density at radius 2 is 1.70 bits per heavy atom. The van der Waals surface area contributed by atoms with Crippen LogP contribution in [0.3, 0.4) is 0 Å². The first-order valence-corrected chi connectivity index (χ1v) is 12.4. The lowest BCUT2D eigenvalue weighted by Gasteiger charge is -2.25. The van der Waals surface area contributed by atoms with E-state index < -0.39 is 35.9 Å². The lowest BCUT2D eigenvalue weighted by Crippen LogP contribution is -2.53. The number of anilines is 1. The van der Waals surface area contributed by atoms with Crippen LogP contribution >= 0.6 is 0 Å². The number of nitrogens with zero attached hydrogens (tertiary/aromatic N) is 3. The second-order valence-electron chi connectivity index (χ2n) is 9.08. The monoisotopic (exact) mass is 540 g/mol. The molecule has 0 fully saturated rings. The Hall–Kier alpha value is -5.32. The molecule has 4 aromatic rings. The number of amides is 3. The van der Waals surface area contributed by atoms with E-state index in [-0.39, 0.29) is 24.2 Å². The van der Waals surface area contributed by atoms with Gasteiger partial charge in [-0.2, -0.15) is 0 Å². The average molecular weight is 541 g/mol. The lowest BCUT2D eigenvalue weighted by molar-refractivity contribution is -0.139. The van der Waals surface area contributed by atoms with Crippen LogP contribution in [0.5, 0.6) is 0 Å². The number of carbonyl (C=O) groups excluding carboxylic acids is 2. The number of aliphatic imine (C=N–C) groups is 1. The number of carbonyl (C=O) groups is 3. The maximum atomic E-state index is 15.0. The molecule has 0 saturated carbocycles. The molecular weight excluding hydrogens is 515 g/mol. The number of nitrogens with one attached hydrogen (secondary N) is 3. The number of benzene rings is 3. The van der Waals surface area contributed by atoms with E-state index >= 15 is 4.39 Å². The predicted molar refractivity (Wildman–Crippen MR) is 145 cm³/mol. The number of imidazole rings is 1. The molecule has 11 heteroatoms. The zero-order valence-electron chi connectivity index (χ0n) is 21.1. The van der Waals surface area contributed by atoms with Crippen molar-refractivity contribution in [3.63, 3.8) is 0 Å². The number of urea groups is 1. The highest BCUT2D eigenvalue weighted by atomic mass is 19.1. The zero-order valence-corrected chi connectivity index (χ0v) is 21.1. The number of halogens is 1. The molecule has 2 atom stereocenters. The van der Waals surface area contributed by atoms with E-state index in [0.717, 1.165) is 0 Å². The van der Waals surface area contributed by atoms with Crippen LogP contribution in [0.2, 0.25) is 0 Å². The van der Waals surface area contributed by atoms with Crippen molar-refractivity contribution in [2.75, 3.05) is 4.90 Å². The summed E-state index contributed by atoms with van der Waals surface area (Å²) in [6, 6.07) is 19.6. The van der Waals surface area contributed by atoms with Crippen molar-refractivity contribution in [2.24, 2.45) is 4.99 Å². The summed E-state index contributed by atoms with van der Waals surface area (Å²) in [4.78, 5) is 51.8. The third kappa shape index (κ3) is 5.73. The minimum atomic E-state index is -1.49. The molecule has 2 heterocycles. The third-order valence-corrected chi connectivity index (χ3v) is 6.37. The van der Waals surface area contributed by atoms with Crippen molar-refractivity contribution in [3.8, 4) is 0 Å². The number of fused-ring (bicyclic) bond motifs is 1. The first-order valence-electron chi connectivity index (χ1n) is 12.4. The molecule has 0 saturated heterocycles. The molecule has 10 nitrogen and oxygen atoms in total. The van der Waals surface area contributed by atoms with Gasteiger partial charge in [-0.05, 0) is 23.8 Å². The van der Waals surface area contributed by atoms with Crippen LogP contribution in [0.1, 0.15) is 22.4 Å². The number of carboxylic acid groups (broad SMARTS) is 1. The highest BCUT2D eigenvalue weighted by Gasteiger charge is 2.34. The first kappa shape index (κ1) is 26.3. The van der Waals surface area contributed by atoms with Crippen molar-refractivity contribution in [1.29, 1.82) is 0 Å². The second-order valence-corrected chi connectivity index (χ2v) is 9.08. The summed E-state index contributed by atoms with van der Waals surface area (Å²) in [6.07, 6.45) is 1.59. The summed E-state index contributed by atoms with van der Waals surface area (Å²) in [7, 11) is 0. The highest BCUT2D eigenvalue weighted by Crippen LogP contribution is 2.30. The number of hydrogen-bond acceptors (Lipinski definition) is 5. The quantitative estimate of drug-likeness (QED) is 0.272. The van der Waals surface area contributed by atoms with Crippen molar-refractivity contribution in [1.82, 2.24) is 20.6 Å². The van der Waals surface area contributed by atoms with Gasteiger partial charge < -0.3 is 25.6 Å². The fourth-order valence-corrected chi connectivity index (χ4v) is 4.47. The molecule has 5 rings (SSSR count). The molecule has 0 aliphatic carbocycles. The van der Waals surface area contributed by atoms with Crippen LogP contribution < -0.4 is 15.5 Å². The Morgan fingerprint density at radius 3 is 2.40 bits per heavy atom. The number of rotatable bonds is 8. The Morgan fingerprint density at radius 1 is 1.00 bits per heavy atom. The smallest absolute Gasteiger partial charge is 0.326 e. The lowest BCUT2D eigenvalue weighted by atomic mass is 9.99. The van der Waals surface area contributed by atoms with E-state index in [4.69, 9.17) is 0 Å². The van der Waals surface area contributed by atoms with Crippen molar-refractivity contribution < 1.29 is 23.9 Å². The van der Waals surface area contributed by atoms with Crippen LogP contribution in [0.25, 0.3) is 0 Å². The van der Waals surface area contributed by atoms with Gasteiger partial charge >= 0.3 is 12.0 Å². The van der Waals surface area contributed by atoms with Gasteiger partial charge in [-0.3, -0.25) is 4.79 Å². The number of carboxylic acids is 1. The van der Waals surface area contributed by atoms with E-state index in [9.17, 15) is 19.5 Å². The minimum absolute atomic E-state index is 0.0311. The maximum absolute atomic E-state index is 15.0. The Bertz CT molecular complexity index is 1560. The molecule has 202 valence electrons. The number of hydrogen-bond donors (Lipinski definition) is 4. The normalized spacial score (nSPS) is 15.4. The summed E-state index contributed by atoms with van der Waals surface area (Å²) in [5, 5.41) is 14.6. The molecule has 0 unspecified atom stereocenters. The van der Waals surface area contributed by atoms with E-state index in [1.807, 2.05) is 0 Å². The number of benzodiazepines with no additional fused rings is 1. The number of H-pyrrole nitrogens is 1. The summed E-state index contributed by atoms with van der Waals surface area (Å²) >= 11 is 0. The molecule has 0 spiro atoms. The number of aliphatic carboxylic acids is 1. The van der Waals surface area contributed by atoms with Crippen LogP contribution in [-0.2, 0) is 22.6 Å². The number of para-hydroxylation sites is 1. The predicted octanol–water partition coefficient (Wildman–Crippen LogP) is 3.25. The Labute approximate surface area is 228 Å². The van der Waals surface area contributed by atoms with Crippen LogP contribution in [-0.4, -0.2) is 50.9 Å². The van der Waals surface area contributed by atoms with Gasteiger partial charge in [0.05, 0.1) is 30.0 Å². The summed E-state index contributed by atoms with van der Waals surface area (Å²) in [5.74, 6) is -2.39. The molecule has 1 aliphatic heterocycles. The van der Waals surface area contributed by atoms with E-state index in [2.05, 4.69) is 25.6 Å². The summed E-state index contributed by atoms with van der Waals surface area (Å²) in [6.45, 7) is 0.0709. The molecule has 3 aromatic carbocycles. The van der Waals surface area contributed by atoms with Crippen molar-refractivity contribution in [2.45, 2.75) is 25.2 Å². The molecule has 1 aromatic heterocycles. The van der Waals surface area contributed by atoms with E-state index in [0.29, 0.717) is 22.5 Å². The summed E-state index contributed by atoms with van der Waals surface area (Å²) < 4.78 is 15.0. The van der Waals surface area contributed by atoms with E-state index in [1.54, 1.807) is 72.9 Å². The molecule has 40 heavy (non-hydrogen) atoms. The third-order valence-electron chi connectivity index (χ3n) is 6.37. The molecule has 4 N–H and O–H groups in total. The van der Waals surface area contributed by atoms with Crippen molar-refractivity contribution >= 4 is 29.3 Å². The largest absolute Gasteiger partial charge is 0.480 e. The number of aromatic nitrogens is 2. The van der Waals surface area contributed by atoms with Crippen molar-refractivity contribution in [3.05, 3.63) is 120 Å². The van der Waals surface area contributed by atoms with Gasteiger partial charge in [0.2, 0.25) is 6.17 Å². The first-order chi connectivity index (χ1) is 19.4. The van der Waals surface area contributed by atoms with E-state index in [1.165, 1.54) is 23.4 Å². The van der Waals surface area contributed by atoms with Gasteiger partial charge in [-0.25, -0.2) is 24.0 Å². The fourth-order valence-electron chi connectivity index (χ4n) is 4.47. The molecular formula is C29H25FN6O4. The van der Waals surface area contributed by atoms with Gasteiger partial charge in [0.25, 0.3) is 5.91 Å². The van der Waals surface area contributed by atoms with Gasteiger partial charge in [0, 0.05) is 23.7 Å². The molecule has 1 aliphatic rings. The topological polar surface area (TPSA) is 140 Å². The van der Waals surface area contributed by atoms with Gasteiger partial charge in [0.15, 0.2) is 0 Å². The van der Waals surface area contributed by atoms with Gasteiger partial charge in [0.1, 0.15) is 11.9 Å². The standard InChI is InChI=1S/C29H25FN6O4/c30-22-12-6-4-10-20(22)25-21-11-5-7-13-24(21)36(16-19-15-31-17-32-19)27(37)26(34-25)35-29(40)33-23(28(38)39)14-18-8-2-1-3-9-18/h1-13,15,17,23,26H,14,16H2,(H,31,32)(H,38,39)(H2,33,35,40)/t23-,26+/m0/s1. The molecule has 0 bridgehead atoms. The zero-order chi connectivity index (χ0) is 28.1. The minimum Gasteiger partial charge on any atom is -0.480 e. The maximum Gasteiger partial charge on any atom is 0.326 e. The molecule has 3 amide bonds. The van der Waals surface area contributed by atoms with Gasteiger partial charge in [-0.1, -0.05) is 60.7 Å². The Kier molecular flexibility index (Phi) is 7.63.